The molecule has 31 heavy (non-hydrogen) atoms. The van der Waals surface area contributed by atoms with Gasteiger partial charge in [-0.3, -0.25) is 0 Å². The summed E-state index contributed by atoms with van der Waals surface area (Å²) in [4.78, 5) is 13.8. The van der Waals surface area contributed by atoms with E-state index in [9.17, 15) is 5.11 Å². The number of aromatic nitrogens is 2. The summed E-state index contributed by atoms with van der Waals surface area (Å²) in [5, 5.41) is 12.1. The second-order valence-electron chi connectivity index (χ2n) is 8.53. The van der Waals surface area contributed by atoms with Crippen molar-refractivity contribution in [3.63, 3.8) is 0 Å². The van der Waals surface area contributed by atoms with E-state index in [0.717, 1.165) is 59.2 Å². The number of nitrogen functional groups attached to an aromatic ring is 1. The van der Waals surface area contributed by atoms with Crippen LogP contribution in [0.2, 0.25) is 0 Å². The highest BCUT2D eigenvalue weighted by Gasteiger charge is 2.25. The number of fused-ring (bicyclic) bond motifs is 2. The molecule has 162 valence electrons. The van der Waals surface area contributed by atoms with Crippen LogP contribution in [0.15, 0.2) is 36.4 Å². The van der Waals surface area contributed by atoms with Crippen molar-refractivity contribution >= 4 is 22.3 Å². The number of hydrogen-bond donors (Lipinski definition) is 2. The Balaban J connectivity index is 1.42. The molecule has 0 radical (unpaired) electrons. The number of nitrogens with two attached hydrogens (primary N) is 1. The Hall–Kier alpha value is -2.90. The van der Waals surface area contributed by atoms with Crippen molar-refractivity contribution in [2.75, 3.05) is 37.4 Å². The van der Waals surface area contributed by atoms with Crippen LogP contribution in [0.5, 0.6) is 6.01 Å². The Labute approximate surface area is 182 Å². The number of nitrogens with zero attached hydrogens (tertiary/aromatic N) is 4. The first-order valence-electron chi connectivity index (χ1n) is 11.0. The zero-order valence-electron chi connectivity index (χ0n) is 17.9. The molecule has 2 aromatic carbocycles. The standard InChI is InChI=1S/C24H29N5O2/c1-28-11-4-8-18(28)15-31-24-26-20-13-29(12-10-19(20)23(25)27-24)21-9-3-6-16-5-2-7-17(14-30)22(16)21/h2-3,5-7,9,18,30H,4,8,10-15H2,1H3,(H2,25,26,27)/t18-/m0/s1. The fourth-order valence-electron chi connectivity index (χ4n) is 4.86. The van der Waals surface area contributed by atoms with Crippen LogP contribution in [0.1, 0.15) is 29.7 Å². The molecule has 7 nitrogen and oxygen atoms in total. The first-order valence-corrected chi connectivity index (χ1v) is 11.0. The van der Waals surface area contributed by atoms with E-state index in [0.29, 0.717) is 31.0 Å². The van der Waals surface area contributed by atoms with Crippen molar-refractivity contribution in [2.24, 2.45) is 0 Å². The van der Waals surface area contributed by atoms with Crippen LogP contribution in [0.3, 0.4) is 0 Å². The Kier molecular flexibility index (Phi) is 5.38. The van der Waals surface area contributed by atoms with Gasteiger partial charge in [-0.25, -0.2) is 0 Å². The summed E-state index contributed by atoms with van der Waals surface area (Å²) in [5.74, 6) is 0.522. The smallest absolute Gasteiger partial charge is 0.318 e. The van der Waals surface area contributed by atoms with Gasteiger partial charge in [0.1, 0.15) is 12.4 Å². The maximum atomic E-state index is 9.88. The molecule has 1 fully saturated rings. The normalized spacial score (nSPS) is 19.0. The van der Waals surface area contributed by atoms with Crippen LogP contribution in [-0.2, 0) is 19.6 Å². The van der Waals surface area contributed by atoms with Crippen molar-refractivity contribution < 1.29 is 9.84 Å². The summed E-state index contributed by atoms with van der Waals surface area (Å²) < 4.78 is 5.96. The molecule has 3 heterocycles. The van der Waals surface area contributed by atoms with Crippen molar-refractivity contribution in [2.45, 2.75) is 38.5 Å². The van der Waals surface area contributed by atoms with Crippen LogP contribution >= 0.6 is 0 Å². The molecule has 1 aromatic heterocycles. The number of anilines is 2. The number of likely N-dealkylation sites (tertiary alicyclic amines) is 1. The fraction of sp³-hybridized carbons (Fsp3) is 0.417. The van der Waals surface area contributed by atoms with E-state index in [-0.39, 0.29) is 6.61 Å². The molecule has 0 unspecified atom stereocenters. The molecule has 5 rings (SSSR count). The average Bonchev–Trinajstić information content (AvgIpc) is 3.21. The summed E-state index contributed by atoms with van der Waals surface area (Å²) >= 11 is 0. The van der Waals surface area contributed by atoms with Crippen LogP contribution < -0.4 is 15.4 Å². The molecule has 2 aliphatic heterocycles. The zero-order valence-corrected chi connectivity index (χ0v) is 17.9. The van der Waals surface area contributed by atoms with Gasteiger partial charge in [0.2, 0.25) is 0 Å². The maximum absolute atomic E-state index is 9.88. The monoisotopic (exact) mass is 419 g/mol. The highest BCUT2D eigenvalue weighted by atomic mass is 16.5. The number of aliphatic hydroxyl groups is 1. The maximum Gasteiger partial charge on any atom is 0.318 e. The predicted molar refractivity (Wildman–Crippen MR) is 122 cm³/mol. The quantitative estimate of drug-likeness (QED) is 0.657. The zero-order chi connectivity index (χ0) is 21.4. The second kappa shape index (κ2) is 8.32. The van der Waals surface area contributed by atoms with Crippen molar-refractivity contribution in [3.8, 4) is 6.01 Å². The van der Waals surface area contributed by atoms with E-state index in [1.54, 1.807) is 0 Å². The second-order valence-corrected chi connectivity index (χ2v) is 8.53. The van der Waals surface area contributed by atoms with E-state index in [1.807, 2.05) is 12.1 Å². The van der Waals surface area contributed by atoms with Gasteiger partial charge < -0.3 is 25.4 Å². The Bertz CT molecular complexity index is 1100. The number of ether oxygens (including phenoxy) is 1. The van der Waals surface area contributed by atoms with Gasteiger partial charge in [-0.05, 0) is 49.9 Å². The molecule has 3 aromatic rings. The lowest BCUT2D eigenvalue weighted by Crippen LogP contribution is -2.33. The molecule has 0 aliphatic carbocycles. The Morgan fingerprint density at radius 1 is 1.16 bits per heavy atom. The first-order chi connectivity index (χ1) is 15.1. The minimum atomic E-state index is 0.0154. The molecule has 0 bridgehead atoms. The Morgan fingerprint density at radius 2 is 2.00 bits per heavy atom. The third-order valence-corrected chi connectivity index (χ3v) is 6.63. The van der Waals surface area contributed by atoms with Gasteiger partial charge in [-0.1, -0.05) is 30.3 Å². The van der Waals surface area contributed by atoms with Crippen molar-refractivity contribution in [1.29, 1.82) is 0 Å². The predicted octanol–water partition coefficient (Wildman–Crippen LogP) is 2.74. The molecule has 1 atom stereocenters. The van der Waals surface area contributed by atoms with Crippen LogP contribution in [0, 0.1) is 0 Å². The van der Waals surface area contributed by atoms with Crippen molar-refractivity contribution in [1.82, 2.24) is 14.9 Å². The topological polar surface area (TPSA) is 87.7 Å². The van der Waals surface area contributed by atoms with E-state index >= 15 is 0 Å². The Morgan fingerprint density at radius 3 is 2.77 bits per heavy atom. The summed E-state index contributed by atoms with van der Waals surface area (Å²) in [6, 6.07) is 13.1. The highest BCUT2D eigenvalue weighted by Crippen LogP contribution is 2.34. The molecular weight excluding hydrogens is 390 g/mol. The van der Waals surface area contributed by atoms with Crippen LogP contribution in [0.25, 0.3) is 10.8 Å². The van der Waals surface area contributed by atoms with E-state index < -0.39 is 0 Å². The van der Waals surface area contributed by atoms with Gasteiger partial charge in [-0.2, -0.15) is 9.97 Å². The van der Waals surface area contributed by atoms with E-state index in [4.69, 9.17) is 15.5 Å². The summed E-state index contributed by atoms with van der Waals surface area (Å²) in [7, 11) is 2.13. The van der Waals surface area contributed by atoms with Gasteiger partial charge in [0, 0.05) is 29.2 Å². The number of rotatable bonds is 5. The molecule has 0 spiro atoms. The largest absolute Gasteiger partial charge is 0.462 e. The number of likely N-dealkylation sites (N-methyl/N-ethyl adjacent to an activating group) is 1. The minimum Gasteiger partial charge on any atom is -0.462 e. The van der Waals surface area contributed by atoms with Gasteiger partial charge >= 0.3 is 6.01 Å². The summed E-state index contributed by atoms with van der Waals surface area (Å²) in [6.07, 6.45) is 3.12. The molecule has 0 saturated carbocycles. The van der Waals surface area contributed by atoms with Gasteiger partial charge in [0.15, 0.2) is 0 Å². The lowest BCUT2D eigenvalue weighted by molar-refractivity contribution is 0.187. The molecular formula is C24H29N5O2. The fourth-order valence-corrected chi connectivity index (χ4v) is 4.86. The lowest BCUT2D eigenvalue weighted by Gasteiger charge is -2.32. The number of hydrogen-bond acceptors (Lipinski definition) is 7. The molecule has 7 heteroatoms. The van der Waals surface area contributed by atoms with Gasteiger partial charge in [0.25, 0.3) is 0 Å². The van der Waals surface area contributed by atoms with Crippen LogP contribution in [-0.4, -0.2) is 52.8 Å². The minimum absolute atomic E-state index is 0.0154. The molecule has 0 amide bonds. The van der Waals surface area contributed by atoms with Gasteiger partial charge in [-0.15, -0.1) is 0 Å². The molecule has 1 saturated heterocycles. The third-order valence-electron chi connectivity index (χ3n) is 6.63. The number of aliphatic hydroxyl groups excluding tert-OH is 1. The first kappa shape index (κ1) is 20.0. The molecule has 3 N–H and O–H groups in total. The SMILES string of the molecule is CN1CCC[C@H]1COc1nc(N)c2c(n1)CN(c1cccc3cccc(CO)c13)CC2. The number of benzene rings is 2. The van der Waals surface area contributed by atoms with E-state index in [2.05, 4.69) is 46.1 Å². The average molecular weight is 420 g/mol. The van der Waals surface area contributed by atoms with Gasteiger partial charge in [0.05, 0.1) is 18.8 Å². The summed E-state index contributed by atoms with van der Waals surface area (Å²) in [5.41, 5.74) is 10.3. The molecule has 2 aliphatic rings. The third kappa shape index (κ3) is 3.79. The summed E-state index contributed by atoms with van der Waals surface area (Å²) in [6.45, 7) is 3.17. The lowest BCUT2D eigenvalue weighted by atomic mass is 9.99. The van der Waals surface area contributed by atoms with Crippen molar-refractivity contribution in [3.05, 3.63) is 53.2 Å². The van der Waals surface area contributed by atoms with E-state index in [1.165, 1.54) is 6.42 Å². The van der Waals surface area contributed by atoms with Crippen LogP contribution in [0.4, 0.5) is 11.5 Å². The highest BCUT2D eigenvalue weighted by molar-refractivity contribution is 5.97.